The van der Waals surface area contributed by atoms with Gasteiger partial charge in [-0.05, 0) is 53.9 Å². The van der Waals surface area contributed by atoms with E-state index < -0.39 is 0 Å². The predicted molar refractivity (Wildman–Crippen MR) is 72.8 cm³/mol. The Labute approximate surface area is 101 Å². The van der Waals surface area contributed by atoms with Gasteiger partial charge in [0.25, 0.3) is 0 Å². The van der Waals surface area contributed by atoms with Gasteiger partial charge in [0.15, 0.2) is 0 Å². The summed E-state index contributed by atoms with van der Waals surface area (Å²) in [4.78, 5) is 0. The highest BCUT2D eigenvalue weighted by Crippen LogP contribution is 2.20. The molecular weight excluding hydrogens is 212 g/mol. The second-order valence-electron chi connectivity index (χ2n) is 5.06. The first kappa shape index (κ1) is 11.2. The van der Waals surface area contributed by atoms with Crippen LogP contribution in [-0.4, -0.2) is 0 Å². The molecule has 0 aliphatic rings. The van der Waals surface area contributed by atoms with Crippen LogP contribution in [0.4, 0.5) is 0 Å². The Kier molecular flexibility index (Phi) is 3.03. The van der Waals surface area contributed by atoms with Crippen LogP contribution in [0, 0.1) is 17.3 Å². The van der Waals surface area contributed by atoms with Gasteiger partial charge in [-0.3, -0.25) is 0 Å². The molecule has 1 aromatic carbocycles. The highest BCUT2D eigenvalue weighted by atomic mass is 32.1. The Bertz CT molecular complexity index is 544. The van der Waals surface area contributed by atoms with Gasteiger partial charge in [-0.1, -0.05) is 24.0 Å². The topological polar surface area (TPSA) is 0 Å². The Morgan fingerprint density at radius 2 is 1.88 bits per heavy atom. The summed E-state index contributed by atoms with van der Waals surface area (Å²) in [6.07, 6.45) is 0.850. The molecule has 0 fully saturated rings. The van der Waals surface area contributed by atoms with Crippen LogP contribution in [0.2, 0.25) is 0 Å². The normalized spacial score (nSPS) is 11.2. The third-order valence-electron chi connectivity index (χ3n) is 2.30. The largest absolute Gasteiger partial charge is 0.151 e. The summed E-state index contributed by atoms with van der Waals surface area (Å²) in [5, 5.41) is 7.04. The van der Waals surface area contributed by atoms with E-state index in [1.165, 1.54) is 16.3 Å². The van der Waals surface area contributed by atoms with Crippen molar-refractivity contribution in [1.82, 2.24) is 0 Å². The molecule has 2 rings (SSSR count). The van der Waals surface area contributed by atoms with E-state index in [9.17, 15) is 0 Å². The molecule has 0 spiro atoms. The van der Waals surface area contributed by atoms with Crippen LogP contribution in [0.1, 0.15) is 26.3 Å². The molecule has 16 heavy (non-hydrogen) atoms. The zero-order chi connectivity index (χ0) is 11.6. The van der Waals surface area contributed by atoms with Crippen molar-refractivity contribution in [2.75, 3.05) is 0 Å². The van der Waals surface area contributed by atoms with Gasteiger partial charge in [0.1, 0.15) is 0 Å². The van der Waals surface area contributed by atoms with Crippen molar-refractivity contribution in [3.8, 4) is 11.8 Å². The van der Waals surface area contributed by atoms with Gasteiger partial charge in [-0.2, -0.15) is 11.3 Å². The van der Waals surface area contributed by atoms with E-state index in [0.29, 0.717) is 0 Å². The van der Waals surface area contributed by atoms with Gasteiger partial charge in [0.05, 0.1) is 0 Å². The van der Waals surface area contributed by atoms with Crippen molar-refractivity contribution in [1.29, 1.82) is 0 Å². The molecule has 1 heteroatoms. The van der Waals surface area contributed by atoms with Crippen LogP contribution >= 0.6 is 11.3 Å². The molecule has 0 N–H and O–H groups in total. The minimum Gasteiger partial charge on any atom is -0.151 e. The average molecular weight is 228 g/mol. The first-order valence-electron chi connectivity index (χ1n) is 5.49. The Balaban J connectivity index is 2.17. The minimum atomic E-state index is 0.104. The van der Waals surface area contributed by atoms with Crippen LogP contribution in [0.3, 0.4) is 0 Å². The summed E-state index contributed by atoms with van der Waals surface area (Å²) in [7, 11) is 0. The predicted octanol–water partition coefficient (Wildman–Crippen LogP) is 4.49. The van der Waals surface area contributed by atoms with Crippen LogP contribution < -0.4 is 0 Å². The average Bonchev–Trinajstić information content (AvgIpc) is 2.62. The van der Waals surface area contributed by atoms with E-state index in [1.807, 2.05) is 0 Å². The molecule has 82 valence electrons. The van der Waals surface area contributed by atoms with Crippen molar-refractivity contribution >= 4 is 22.1 Å². The third-order valence-corrected chi connectivity index (χ3v) is 3.08. The highest BCUT2D eigenvalue weighted by molar-refractivity contribution is 7.09. The maximum absolute atomic E-state index is 3.26. The van der Waals surface area contributed by atoms with Gasteiger partial charge < -0.3 is 0 Å². The molecule has 0 atom stereocenters. The molecule has 0 saturated heterocycles. The van der Waals surface area contributed by atoms with Gasteiger partial charge in [0, 0.05) is 11.8 Å². The lowest BCUT2D eigenvalue weighted by molar-refractivity contribution is 0.570. The highest BCUT2D eigenvalue weighted by Gasteiger charge is 2.03. The standard InChI is InChI=1S/C15H16S/c1-15(2,3)8-4-5-12-6-7-13-10-16-11-14(13)9-12/h6-7,9-11H,5H2,1-3H3. The molecule has 0 bridgehead atoms. The number of rotatable bonds is 1. The second kappa shape index (κ2) is 4.31. The van der Waals surface area contributed by atoms with Crippen molar-refractivity contribution in [3.63, 3.8) is 0 Å². The summed E-state index contributed by atoms with van der Waals surface area (Å²) in [6.45, 7) is 6.42. The summed E-state index contributed by atoms with van der Waals surface area (Å²) >= 11 is 1.75. The van der Waals surface area contributed by atoms with E-state index in [-0.39, 0.29) is 5.41 Å². The van der Waals surface area contributed by atoms with Crippen LogP contribution in [-0.2, 0) is 6.42 Å². The van der Waals surface area contributed by atoms with Gasteiger partial charge in [-0.15, -0.1) is 0 Å². The monoisotopic (exact) mass is 228 g/mol. The first-order chi connectivity index (χ1) is 7.54. The lowest BCUT2D eigenvalue weighted by Crippen LogP contribution is -1.99. The first-order valence-corrected chi connectivity index (χ1v) is 6.44. The van der Waals surface area contributed by atoms with Crippen LogP contribution in [0.25, 0.3) is 10.8 Å². The molecule has 2 aromatic rings. The quantitative estimate of drug-likeness (QED) is 0.631. The molecule has 0 saturated carbocycles. The van der Waals surface area contributed by atoms with E-state index in [1.54, 1.807) is 11.3 Å². The Morgan fingerprint density at radius 3 is 2.62 bits per heavy atom. The molecule has 0 unspecified atom stereocenters. The fourth-order valence-electron chi connectivity index (χ4n) is 1.54. The number of thiophene rings is 1. The molecule has 1 aromatic heterocycles. The number of fused-ring (bicyclic) bond motifs is 1. The minimum absolute atomic E-state index is 0.104. The SMILES string of the molecule is CC(C)(C)C#CCc1ccc2cscc2c1. The molecule has 1 heterocycles. The zero-order valence-electron chi connectivity index (χ0n) is 10.0. The van der Waals surface area contributed by atoms with Gasteiger partial charge in [-0.25, -0.2) is 0 Å². The lowest BCUT2D eigenvalue weighted by atomic mass is 9.97. The zero-order valence-corrected chi connectivity index (χ0v) is 10.8. The van der Waals surface area contributed by atoms with E-state index in [0.717, 1.165) is 6.42 Å². The van der Waals surface area contributed by atoms with E-state index >= 15 is 0 Å². The van der Waals surface area contributed by atoms with Crippen molar-refractivity contribution in [2.45, 2.75) is 27.2 Å². The second-order valence-corrected chi connectivity index (χ2v) is 5.81. The van der Waals surface area contributed by atoms with Crippen molar-refractivity contribution < 1.29 is 0 Å². The number of hydrogen-bond donors (Lipinski definition) is 0. The summed E-state index contributed by atoms with van der Waals surface area (Å²) in [5.74, 6) is 6.52. The molecule has 0 amide bonds. The summed E-state index contributed by atoms with van der Waals surface area (Å²) < 4.78 is 0. The molecular formula is C15H16S. The van der Waals surface area contributed by atoms with Crippen LogP contribution in [0.5, 0.6) is 0 Å². The lowest BCUT2D eigenvalue weighted by Gasteiger charge is -2.06. The summed E-state index contributed by atoms with van der Waals surface area (Å²) in [6, 6.07) is 6.59. The Morgan fingerprint density at radius 1 is 1.12 bits per heavy atom. The maximum Gasteiger partial charge on any atom is 0.0340 e. The third kappa shape index (κ3) is 2.87. The number of benzene rings is 1. The molecule has 0 aliphatic carbocycles. The van der Waals surface area contributed by atoms with Gasteiger partial charge in [0.2, 0.25) is 0 Å². The molecule has 0 nitrogen and oxygen atoms in total. The van der Waals surface area contributed by atoms with Gasteiger partial charge >= 0.3 is 0 Å². The van der Waals surface area contributed by atoms with Crippen molar-refractivity contribution in [2.24, 2.45) is 5.41 Å². The number of hydrogen-bond acceptors (Lipinski definition) is 1. The van der Waals surface area contributed by atoms with E-state index in [2.05, 4.69) is 61.6 Å². The van der Waals surface area contributed by atoms with Crippen molar-refractivity contribution in [3.05, 3.63) is 34.5 Å². The smallest absolute Gasteiger partial charge is 0.0340 e. The Hall–Kier alpha value is -1.26. The fourth-order valence-corrected chi connectivity index (χ4v) is 2.32. The fraction of sp³-hybridized carbons (Fsp3) is 0.333. The summed E-state index contributed by atoms with van der Waals surface area (Å²) in [5.41, 5.74) is 1.41. The van der Waals surface area contributed by atoms with Crippen LogP contribution in [0.15, 0.2) is 29.0 Å². The maximum atomic E-state index is 3.26. The molecule has 0 radical (unpaired) electrons. The van der Waals surface area contributed by atoms with E-state index in [4.69, 9.17) is 0 Å². The molecule has 0 aliphatic heterocycles.